The highest BCUT2D eigenvalue weighted by molar-refractivity contribution is 7.14. The number of hydrogen-bond donors (Lipinski definition) is 1. The van der Waals surface area contributed by atoms with Crippen molar-refractivity contribution in [2.75, 3.05) is 5.32 Å². The molecule has 118 valence electrons. The van der Waals surface area contributed by atoms with Gasteiger partial charge in [-0.1, -0.05) is 44.2 Å². The summed E-state index contributed by atoms with van der Waals surface area (Å²) in [5.74, 6) is -0.0963. The van der Waals surface area contributed by atoms with Gasteiger partial charge in [0.05, 0.1) is 5.69 Å². The van der Waals surface area contributed by atoms with Gasteiger partial charge in [0.1, 0.15) is 5.69 Å². The van der Waals surface area contributed by atoms with Crippen LogP contribution in [0.2, 0.25) is 0 Å². The molecule has 1 aromatic carbocycles. The molecule has 0 atom stereocenters. The van der Waals surface area contributed by atoms with Crippen LogP contribution in [0.4, 0.5) is 5.13 Å². The van der Waals surface area contributed by atoms with Crippen molar-refractivity contribution in [3.63, 3.8) is 0 Å². The number of thiazole rings is 1. The minimum atomic E-state index is -0.0689. The van der Waals surface area contributed by atoms with Gasteiger partial charge >= 0.3 is 0 Å². The predicted molar refractivity (Wildman–Crippen MR) is 93.2 cm³/mol. The number of nitrogens with one attached hydrogen (secondary N) is 1. The minimum absolute atomic E-state index is 0.0274. The van der Waals surface area contributed by atoms with Gasteiger partial charge in [-0.25, -0.2) is 4.98 Å². The summed E-state index contributed by atoms with van der Waals surface area (Å²) in [6.07, 6.45) is 1.95. The molecule has 6 heteroatoms. The second-order valence-corrected chi connectivity index (χ2v) is 6.47. The average Bonchev–Trinajstić information content (AvgIpc) is 3.14. The van der Waals surface area contributed by atoms with E-state index in [4.69, 9.17) is 0 Å². The lowest BCUT2D eigenvalue weighted by Gasteiger charge is -2.03. The van der Waals surface area contributed by atoms with Crippen molar-refractivity contribution >= 4 is 22.4 Å². The topological polar surface area (TPSA) is 59.8 Å². The van der Waals surface area contributed by atoms with E-state index in [1.54, 1.807) is 4.68 Å². The molecule has 1 N–H and O–H groups in total. The van der Waals surface area contributed by atoms with Crippen molar-refractivity contribution in [1.29, 1.82) is 0 Å². The van der Waals surface area contributed by atoms with Crippen molar-refractivity contribution in [3.05, 3.63) is 41.9 Å². The van der Waals surface area contributed by atoms with Crippen LogP contribution in [-0.2, 0) is 11.8 Å². The smallest absolute Gasteiger partial charge is 0.228 e. The normalized spacial score (nSPS) is 11.0. The van der Waals surface area contributed by atoms with Crippen molar-refractivity contribution in [3.8, 4) is 22.5 Å². The quantitative estimate of drug-likeness (QED) is 0.793. The van der Waals surface area contributed by atoms with E-state index in [0.29, 0.717) is 5.13 Å². The maximum Gasteiger partial charge on any atom is 0.228 e. The van der Waals surface area contributed by atoms with Gasteiger partial charge in [-0.15, -0.1) is 11.3 Å². The lowest BCUT2D eigenvalue weighted by atomic mass is 10.1. The zero-order chi connectivity index (χ0) is 16.4. The Kier molecular flexibility index (Phi) is 4.25. The van der Waals surface area contributed by atoms with Crippen molar-refractivity contribution in [2.24, 2.45) is 13.0 Å². The number of rotatable bonds is 4. The van der Waals surface area contributed by atoms with E-state index in [2.05, 4.69) is 15.4 Å². The molecule has 0 saturated carbocycles. The monoisotopic (exact) mass is 326 g/mol. The molecule has 3 aromatic rings. The third-order valence-electron chi connectivity index (χ3n) is 3.41. The lowest BCUT2D eigenvalue weighted by molar-refractivity contribution is -0.118. The zero-order valence-electron chi connectivity index (χ0n) is 13.3. The summed E-state index contributed by atoms with van der Waals surface area (Å²) in [5, 5.41) is 9.94. The highest BCUT2D eigenvalue weighted by Gasteiger charge is 2.16. The first-order valence-corrected chi connectivity index (χ1v) is 8.28. The Hall–Kier alpha value is -2.47. The number of amides is 1. The van der Waals surface area contributed by atoms with Crippen LogP contribution in [-0.4, -0.2) is 20.7 Å². The second kappa shape index (κ2) is 6.34. The van der Waals surface area contributed by atoms with Gasteiger partial charge in [0.2, 0.25) is 5.91 Å². The maximum absolute atomic E-state index is 11.8. The van der Waals surface area contributed by atoms with Crippen LogP contribution < -0.4 is 5.32 Å². The molecule has 0 radical (unpaired) electrons. The fraction of sp³-hybridized carbons (Fsp3) is 0.235. The van der Waals surface area contributed by atoms with Crippen LogP contribution in [0.5, 0.6) is 0 Å². The first-order valence-electron chi connectivity index (χ1n) is 7.40. The van der Waals surface area contributed by atoms with Crippen molar-refractivity contribution in [2.45, 2.75) is 13.8 Å². The fourth-order valence-corrected chi connectivity index (χ4v) is 2.90. The van der Waals surface area contributed by atoms with E-state index >= 15 is 0 Å². The van der Waals surface area contributed by atoms with Gasteiger partial charge in [0.15, 0.2) is 5.13 Å². The van der Waals surface area contributed by atoms with Gasteiger partial charge in [0.25, 0.3) is 0 Å². The SMILES string of the molecule is CC(C)C(=O)Nc1nc(-c2cn(C)nc2-c2ccccc2)cs1. The molecule has 1 amide bonds. The van der Waals surface area contributed by atoms with Gasteiger partial charge in [-0.2, -0.15) is 5.10 Å². The Balaban J connectivity index is 1.94. The van der Waals surface area contributed by atoms with Crippen LogP contribution in [0.1, 0.15) is 13.8 Å². The third kappa shape index (κ3) is 3.32. The molecule has 2 heterocycles. The second-order valence-electron chi connectivity index (χ2n) is 5.61. The molecule has 2 aromatic heterocycles. The van der Waals surface area contributed by atoms with E-state index in [-0.39, 0.29) is 11.8 Å². The number of anilines is 1. The summed E-state index contributed by atoms with van der Waals surface area (Å²) in [7, 11) is 1.89. The Morgan fingerprint density at radius 3 is 2.70 bits per heavy atom. The highest BCUT2D eigenvalue weighted by atomic mass is 32.1. The fourth-order valence-electron chi connectivity index (χ4n) is 2.19. The van der Waals surface area contributed by atoms with Crippen molar-refractivity contribution < 1.29 is 4.79 Å². The minimum Gasteiger partial charge on any atom is -0.302 e. The molecule has 0 fully saturated rings. The first kappa shape index (κ1) is 15.4. The third-order valence-corrected chi connectivity index (χ3v) is 4.17. The largest absolute Gasteiger partial charge is 0.302 e. The zero-order valence-corrected chi connectivity index (χ0v) is 14.1. The number of hydrogen-bond acceptors (Lipinski definition) is 4. The molecule has 0 aliphatic heterocycles. The van der Waals surface area contributed by atoms with Gasteiger partial charge in [0, 0.05) is 35.7 Å². The average molecular weight is 326 g/mol. The first-order chi connectivity index (χ1) is 11.0. The van der Waals surface area contributed by atoms with Crippen LogP contribution in [0, 0.1) is 5.92 Å². The number of nitrogens with zero attached hydrogens (tertiary/aromatic N) is 3. The maximum atomic E-state index is 11.8. The number of carbonyl (C=O) groups excluding carboxylic acids is 1. The van der Waals surface area contributed by atoms with Crippen molar-refractivity contribution in [1.82, 2.24) is 14.8 Å². The van der Waals surface area contributed by atoms with E-state index in [1.165, 1.54) is 11.3 Å². The number of benzene rings is 1. The predicted octanol–water partition coefficient (Wildman–Crippen LogP) is 3.81. The van der Waals surface area contributed by atoms with E-state index in [0.717, 1.165) is 22.5 Å². The molecule has 0 aliphatic carbocycles. The lowest BCUT2D eigenvalue weighted by Crippen LogP contribution is -2.17. The Morgan fingerprint density at radius 1 is 1.26 bits per heavy atom. The molecule has 23 heavy (non-hydrogen) atoms. The Bertz CT molecular complexity index is 820. The van der Waals surface area contributed by atoms with Crippen LogP contribution in [0.25, 0.3) is 22.5 Å². The summed E-state index contributed by atoms with van der Waals surface area (Å²) in [4.78, 5) is 16.3. The molecule has 0 unspecified atom stereocenters. The van der Waals surface area contributed by atoms with E-state index < -0.39 is 0 Å². The molecule has 0 bridgehead atoms. The summed E-state index contributed by atoms with van der Waals surface area (Å²) < 4.78 is 1.78. The summed E-state index contributed by atoms with van der Waals surface area (Å²) in [6, 6.07) is 10.0. The summed E-state index contributed by atoms with van der Waals surface area (Å²) in [6.45, 7) is 3.72. The Labute approximate surface area is 139 Å². The molecule has 5 nitrogen and oxygen atoms in total. The van der Waals surface area contributed by atoms with E-state index in [1.807, 2.05) is 62.8 Å². The van der Waals surface area contributed by atoms with Crippen LogP contribution in [0.3, 0.4) is 0 Å². The van der Waals surface area contributed by atoms with Gasteiger partial charge in [-0.05, 0) is 0 Å². The molecular formula is C17H18N4OS. The standard InChI is InChI=1S/C17H18N4OS/c1-11(2)16(22)19-17-18-14(10-23-17)13-9-21(3)20-15(13)12-7-5-4-6-8-12/h4-11H,1-3H3,(H,18,19,22). The van der Waals surface area contributed by atoms with E-state index in [9.17, 15) is 4.79 Å². The summed E-state index contributed by atoms with van der Waals surface area (Å²) >= 11 is 1.42. The molecule has 0 aliphatic rings. The number of aryl methyl sites for hydroxylation is 1. The summed E-state index contributed by atoms with van der Waals surface area (Å²) in [5.41, 5.74) is 3.71. The highest BCUT2D eigenvalue weighted by Crippen LogP contribution is 2.32. The molecule has 0 spiro atoms. The molecular weight excluding hydrogens is 308 g/mol. The number of aromatic nitrogens is 3. The number of carbonyl (C=O) groups is 1. The van der Waals surface area contributed by atoms with Gasteiger partial charge < -0.3 is 5.32 Å². The molecule has 3 rings (SSSR count). The Morgan fingerprint density at radius 2 is 2.00 bits per heavy atom. The van der Waals surface area contributed by atoms with Crippen LogP contribution in [0.15, 0.2) is 41.9 Å². The molecule has 0 saturated heterocycles. The van der Waals surface area contributed by atoms with Gasteiger partial charge in [-0.3, -0.25) is 9.48 Å². The van der Waals surface area contributed by atoms with Crippen LogP contribution >= 0.6 is 11.3 Å².